The molecule has 0 fully saturated rings. The van der Waals surface area contributed by atoms with Gasteiger partial charge in [-0.15, -0.1) is 0 Å². The first-order valence-electron chi connectivity index (χ1n) is 7.85. The van der Waals surface area contributed by atoms with Crippen LogP contribution in [0.3, 0.4) is 0 Å². The molecule has 5 heteroatoms. The Kier molecular flexibility index (Phi) is 4.07. The van der Waals surface area contributed by atoms with Gasteiger partial charge in [-0.3, -0.25) is 0 Å². The smallest absolute Gasteiger partial charge is 0.126 e. The lowest BCUT2D eigenvalue weighted by Crippen LogP contribution is -1.91. The highest BCUT2D eigenvalue weighted by Crippen LogP contribution is 2.40. The van der Waals surface area contributed by atoms with Gasteiger partial charge in [0.1, 0.15) is 22.5 Å². The minimum Gasteiger partial charge on any atom is -0.496 e. The van der Waals surface area contributed by atoms with Crippen molar-refractivity contribution >= 4 is 22.8 Å². The fourth-order valence-corrected chi connectivity index (χ4v) is 3.61. The van der Waals surface area contributed by atoms with Crippen molar-refractivity contribution in [3.05, 3.63) is 60.7 Å². The van der Waals surface area contributed by atoms with E-state index in [0.29, 0.717) is 0 Å². The number of benzene rings is 3. The number of hydrogen-bond acceptors (Lipinski definition) is 5. The van der Waals surface area contributed by atoms with Gasteiger partial charge < -0.3 is 9.47 Å². The molecule has 0 N–H and O–H groups in total. The Morgan fingerprint density at radius 1 is 0.600 bits per heavy atom. The van der Waals surface area contributed by atoms with E-state index in [1.807, 2.05) is 48.5 Å². The van der Waals surface area contributed by atoms with Gasteiger partial charge in [-0.05, 0) is 12.1 Å². The number of ether oxygens (including phenoxy) is 2. The molecule has 0 atom stereocenters. The van der Waals surface area contributed by atoms with E-state index in [2.05, 4.69) is 20.9 Å². The molecule has 0 aliphatic rings. The summed E-state index contributed by atoms with van der Waals surface area (Å²) >= 11 is 1.22. The number of para-hydroxylation sites is 2. The molecule has 4 nitrogen and oxygen atoms in total. The first kappa shape index (κ1) is 15.6. The van der Waals surface area contributed by atoms with Crippen LogP contribution in [0.25, 0.3) is 33.3 Å². The molecule has 0 saturated carbocycles. The van der Waals surface area contributed by atoms with Crippen molar-refractivity contribution in [2.75, 3.05) is 14.2 Å². The number of fused-ring (bicyclic) bond motifs is 1. The van der Waals surface area contributed by atoms with Crippen LogP contribution in [-0.4, -0.2) is 23.0 Å². The molecule has 25 heavy (non-hydrogen) atoms. The molecule has 4 rings (SSSR count). The fourth-order valence-electron chi connectivity index (χ4n) is 3.04. The lowest BCUT2D eigenvalue weighted by Gasteiger charge is -2.12. The average molecular weight is 348 g/mol. The largest absolute Gasteiger partial charge is 0.496 e. The van der Waals surface area contributed by atoms with Crippen LogP contribution < -0.4 is 9.47 Å². The van der Waals surface area contributed by atoms with E-state index in [9.17, 15) is 0 Å². The Labute approximate surface area is 150 Å². The normalized spacial score (nSPS) is 10.8. The van der Waals surface area contributed by atoms with Crippen molar-refractivity contribution in [2.24, 2.45) is 0 Å². The number of nitrogens with zero attached hydrogens (tertiary/aromatic N) is 2. The lowest BCUT2D eigenvalue weighted by atomic mass is 9.97. The second kappa shape index (κ2) is 6.53. The Balaban J connectivity index is 1.97. The van der Waals surface area contributed by atoms with Crippen LogP contribution in [0, 0.1) is 0 Å². The molecule has 1 aromatic heterocycles. The summed E-state index contributed by atoms with van der Waals surface area (Å²) in [5.41, 5.74) is 5.79. The molecular weight excluding hydrogens is 332 g/mol. The molecule has 0 bridgehead atoms. The van der Waals surface area contributed by atoms with Crippen molar-refractivity contribution in [1.29, 1.82) is 0 Å². The second-order valence-electron chi connectivity index (χ2n) is 5.52. The zero-order chi connectivity index (χ0) is 17.2. The third-order valence-corrected chi connectivity index (χ3v) is 4.74. The molecule has 1 heterocycles. The van der Waals surface area contributed by atoms with E-state index in [1.165, 1.54) is 11.7 Å². The molecule has 0 aliphatic heterocycles. The summed E-state index contributed by atoms with van der Waals surface area (Å²) in [6, 6.07) is 20.0. The van der Waals surface area contributed by atoms with Gasteiger partial charge in [0.2, 0.25) is 0 Å². The maximum Gasteiger partial charge on any atom is 0.126 e. The number of methoxy groups -OCH3 is 2. The van der Waals surface area contributed by atoms with E-state index in [0.717, 1.165) is 44.8 Å². The first-order valence-corrected chi connectivity index (χ1v) is 8.58. The highest BCUT2D eigenvalue weighted by molar-refractivity contribution is 7.00. The highest BCUT2D eigenvalue weighted by atomic mass is 32.1. The predicted molar refractivity (Wildman–Crippen MR) is 101 cm³/mol. The minimum absolute atomic E-state index is 0.821. The minimum atomic E-state index is 0.821. The fraction of sp³-hybridized carbons (Fsp3) is 0.100. The monoisotopic (exact) mass is 348 g/mol. The zero-order valence-electron chi connectivity index (χ0n) is 13.9. The van der Waals surface area contributed by atoms with Crippen LogP contribution in [0.15, 0.2) is 60.7 Å². The van der Waals surface area contributed by atoms with E-state index < -0.39 is 0 Å². The molecule has 3 aromatic carbocycles. The molecule has 0 saturated heterocycles. The van der Waals surface area contributed by atoms with Crippen molar-refractivity contribution in [3.8, 4) is 33.8 Å². The molecular formula is C20H16N2O2S. The van der Waals surface area contributed by atoms with E-state index in [-0.39, 0.29) is 0 Å². The SMILES string of the molecule is COc1ccccc1-c1ccc(-c2ccccc2OC)c2nsnc12. The third-order valence-electron chi connectivity index (χ3n) is 4.21. The van der Waals surface area contributed by atoms with E-state index in [4.69, 9.17) is 9.47 Å². The van der Waals surface area contributed by atoms with E-state index >= 15 is 0 Å². The molecule has 0 radical (unpaired) electrons. The topological polar surface area (TPSA) is 44.2 Å². The average Bonchev–Trinajstić information content (AvgIpc) is 3.17. The maximum atomic E-state index is 5.51. The van der Waals surface area contributed by atoms with Crippen LogP contribution in [-0.2, 0) is 0 Å². The van der Waals surface area contributed by atoms with Crippen molar-refractivity contribution in [1.82, 2.24) is 8.75 Å². The van der Waals surface area contributed by atoms with Crippen LogP contribution >= 0.6 is 11.7 Å². The van der Waals surface area contributed by atoms with Gasteiger partial charge in [-0.1, -0.05) is 48.5 Å². The summed E-state index contributed by atoms with van der Waals surface area (Å²) in [5.74, 6) is 1.64. The van der Waals surface area contributed by atoms with Gasteiger partial charge in [0.15, 0.2) is 0 Å². The van der Waals surface area contributed by atoms with Gasteiger partial charge in [0.25, 0.3) is 0 Å². The third kappa shape index (κ3) is 2.62. The highest BCUT2D eigenvalue weighted by Gasteiger charge is 2.17. The van der Waals surface area contributed by atoms with Gasteiger partial charge in [0.05, 0.1) is 25.9 Å². The van der Waals surface area contributed by atoms with E-state index in [1.54, 1.807) is 14.2 Å². The number of hydrogen-bond donors (Lipinski definition) is 0. The summed E-state index contributed by atoms with van der Waals surface area (Å²) in [7, 11) is 3.36. The van der Waals surface area contributed by atoms with Gasteiger partial charge in [-0.2, -0.15) is 8.75 Å². The summed E-state index contributed by atoms with van der Waals surface area (Å²) in [6.07, 6.45) is 0. The Morgan fingerprint density at radius 2 is 1.04 bits per heavy atom. The number of rotatable bonds is 4. The summed E-state index contributed by atoms with van der Waals surface area (Å²) in [5, 5.41) is 0. The number of aromatic nitrogens is 2. The maximum absolute atomic E-state index is 5.51. The molecule has 0 amide bonds. The molecule has 4 aromatic rings. The Bertz CT molecular complexity index is 961. The Morgan fingerprint density at radius 3 is 1.48 bits per heavy atom. The van der Waals surface area contributed by atoms with Crippen LogP contribution in [0.4, 0.5) is 0 Å². The summed E-state index contributed by atoms with van der Waals surface area (Å²) in [4.78, 5) is 0. The summed E-state index contributed by atoms with van der Waals surface area (Å²) < 4.78 is 20.1. The lowest BCUT2D eigenvalue weighted by molar-refractivity contribution is 0.416. The van der Waals surface area contributed by atoms with Crippen LogP contribution in [0.2, 0.25) is 0 Å². The van der Waals surface area contributed by atoms with Gasteiger partial charge in [0, 0.05) is 22.3 Å². The van der Waals surface area contributed by atoms with Crippen molar-refractivity contribution in [3.63, 3.8) is 0 Å². The zero-order valence-corrected chi connectivity index (χ0v) is 14.7. The van der Waals surface area contributed by atoms with Gasteiger partial charge in [-0.25, -0.2) is 0 Å². The second-order valence-corrected chi connectivity index (χ2v) is 6.05. The van der Waals surface area contributed by atoms with Crippen molar-refractivity contribution < 1.29 is 9.47 Å². The standard InChI is InChI=1S/C20H16N2O2S/c1-23-17-9-5-3-7-13(17)15-11-12-16(20-19(15)21-25-22-20)14-8-4-6-10-18(14)24-2/h3-12H,1-2H3. The van der Waals surface area contributed by atoms with Crippen molar-refractivity contribution in [2.45, 2.75) is 0 Å². The molecule has 0 spiro atoms. The summed E-state index contributed by atoms with van der Waals surface area (Å²) in [6.45, 7) is 0. The van der Waals surface area contributed by atoms with Gasteiger partial charge >= 0.3 is 0 Å². The Hall–Kier alpha value is -2.92. The first-order chi connectivity index (χ1) is 12.3. The quantitative estimate of drug-likeness (QED) is 0.518. The van der Waals surface area contributed by atoms with Crippen LogP contribution in [0.1, 0.15) is 0 Å². The molecule has 0 unspecified atom stereocenters. The predicted octanol–water partition coefficient (Wildman–Crippen LogP) is 5.04. The molecule has 124 valence electrons. The molecule has 0 aliphatic carbocycles. The van der Waals surface area contributed by atoms with Crippen LogP contribution in [0.5, 0.6) is 11.5 Å².